The molecular formula is C23H17Cl2N3O2S2. The quantitative estimate of drug-likeness (QED) is 0.172. The number of thioether (sulfide) groups is 1. The van der Waals surface area contributed by atoms with Crippen LogP contribution in [0.15, 0.2) is 76.2 Å². The van der Waals surface area contributed by atoms with Gasteiger partial charge in [0.2, 0.25) is 0 Å². The summed E-state index contributed by atoms with van der Waals surface area (Å²) in [6.45, 7) is 0.315. The molecule has 0 saturated heterocycles. The SMILES string of the molecule is O=C(CSc1nc2ccccc2s1)N/N=C\c1ccc(OCc2ccccc2Cl)c(Cl)c1. The standard InChI is InChI=1S/C23H17Cl2N3O2S2/c24-17-6-2-1-5-16(17)13-30-20-10-9-15(11-18(20)25)12-26-28-22(29)14-31-23-27-19-7-3-4-8-21(19)32-23/h1-12H,13-14H2,(H,28,29)/b26-12-. The first kappa shape index (κ1) is 22.6. The van der Waals surface area contributed by atoms with Gasteiger partial charge in [0.05, 0.1) is 27.2 Å². The fourth-order valence-electron chi connectivity index (χ4n) is 2.74. The molecule has 4 aromatic rings. The minimum absolute atomic E-state index is 0.212. The third-order valence-corrected chi connectivity index (χ3v) is 7.14. The van der Waals surface area contributed by atoms with E-state index in [-0.39, 0.29) is 11.7 Å². The van der Waals surface area contributed by atoms with E-state index in [0.717, 1.165) is 25.7 Å². The number of amides is 1. The molecule has 3 aromatic carbocycles. The summed E-state index contributed by atoms with van der Waals surface area (Å²) in [7, 11) is 0. The third kappa shape index (κ3) is 6.01. The first-order valence-corrected chi connectivity index (χ1v) is 12.1. The Kier molecular flexibility index (Phi) is 7.65. The zero-order valence-corrected chi connectivity index (χ0v) is 19.8. The van der Waals surface area contributed by atoms with Crippen LogP contribution in [0.4, 0.5) is 0 Å². The van der Waals surface area contributed by atoms with Gasteiger partial charge in [-0.3, -0.25) is 4.79 Å². The maximum Gasteiger partial charge on any atom is 0.250 e. The van der Waals surface area contributed by atoms with Crippen molar-refractivity contribution in [2.24, 2.45) is 5.10 Å². The molecule has 1 N–H and O–H groups in total. The van der Waals surface area contributed by atoms with Crippen molar-refractivity contribution in [1.29, 1.82) is 0 Å². The number of hydrazone groups is 1. The van der Waals surface area contributed by atoms with Crippen LogP contribution in [0.3, 0.4) is 0 Å². The van der Waals surface area contributed by atoms with Gasteiger partial charge >= 0.3 is 0 Å². The highest BCUT2D eigenvalue weighted by Crippen LogP contribution is 2.29. The van der Waals surface area contributed by atoms with E-state index >= 15 is 0 Å². The normalized spacial score (nSPS) is 11.2. The second-order valence-corrected chi connectivity index (χ2v) is 9.67. The van der Waals surface area contributed by atoms with Crippen LogP contribution < -0.4 is 10.2 Å². The average Bonchev–Trinajstić information content (AvgIpc) is 3.21. The van der Waals surface area contributed by atoms with Crippen molar-refractivity contribution in [3.05, 3.63) is 87.9 Å². The Bertz CT molecular complexity index is 1240. The van der Waals surface area contributed by atoms with Gasteiger partial charge in [-0.1, -0.05) is 65.3 Å². The molecule has 0 unspecified atom stereocenters. The van der Waals surface area contributed by atoms with Crippen LogP contribution in [0.25, 0.3) is 10.2 Å². The van der Waals surface area contributed by atoms with Crippen molar-refractivity contribution in [3.8, 4) is 5.75 Å². The summed E-state index contributed by atoms with van der Waals surface area (Å²) in [6, 6.07) is 20.6. The number of carbonyl (C=O) groups excluding carboxylic acids is 1. The predicted molar refractivity (Wildman–Crippen MR) is 133 cm³/mol. The van der Waals surface area contributed by atoms with Crippen molar-refractivity contribution in [2.75, 3.05) is 5.75 Å². The van der Waals surface area contributed by atoms with E-state index < -0.39 is 0 Å². The number of para-hydroxylation sites is 1. The van der Waals surface area contributed by atoms with E-state index in [0.29, 0.717) is 22.4 Å². The molecule has 9 heteroatoms. The van der Waals surface area contributed by atoms with Gasteiger partial charge in [0, 0.05) is 10.6 Å². The first-order valence-electron chi connectivity index (χ1n) is 9.54. The summed E-state index contributed by atoms with van der Waals surface area (Å²) < 4.78 is 7.71. The van der Waals surface area contributed by atoms with Gasteiger partial charge in [-0.25, -0.2) is 10.4 Å². The fraction of sp³-hybridized carbons (Fsp3) is 0.0870. The molecule has 0 aliphatic rings. The Morgan fingerprint density at radius 2 is 1.91 bits per heavy atom. The van der Waals surface area contributed by atoms with Gasteiger partial charge in [-0.15, -0.1) is 11.3 Å². The second-order valence-electron chi connectivity index (χ2n) is 6.60. The predicted octanol–water partition coefficient (Wildman–Crippen LogP) is 6.42. The van der Waals surface area contributed by atoms with Crippen molar-refractivity contribution in [1.82, 2.24) is 10.4 Å². The highest BCUT2D eigenvalue weighted by molar-refractivity contribution is 8.01. The lowest BCUT2D eigenvalue weighted by Crippen LogP contribution is -2.19. The van der Waals surface area contributed by atoms with Gasteiger partial charge in [0.15, 0.2) is 4.34 Å². The molecule has 0 atom stereocenters. The summed E-state index contributed by atoms with van der Waals surface area (Å²) in [5, 5.41) is 5.09. The highest BCUT2D eigenvalue weighted by Gasteiger charge is 2.08. The maximum atomic E-state index is 12.1. The largest absolute Gasteiger partial charge is 0.487 e. The van der Waals surface area contributed by atoms with Crippen LogP contribution in [-0.2, 0) is 11.4 Å². The van der Waals surface area contributed by atoms with Gasteiger partial charge in [0.25, 0.3) is 5.91 Å². The zero-order valence-electron chi connectivity index (χ0n) is 16.6. The van der Waals surface area contributed by atoms with E-state index in [1.807, 2.05) is 48.5 Å². The smallest absolute Gasteiger partial charge is 0.250 e. The van der Waals surface area contributed by atoms with Crippen LogP contribution in [-0.4, -0.2) is 22.9 Å². The number of rotatable bonds is 8. The van der Waals surface area contributed by atoms with Gasteiger partial charge < -0.3 is 4.74 Å². The van der Waals surface area contributed by atoms with Crippen LogP contribution in [0.5, 0.6) is 5.75 Å². The topological polar surface area (TPSA) is 63.6 Å². The monoisotopic (exact) mass is 501 g/mol. The molecule has 0 spiro atoms. The molecule has 0 fully saturated rings. The first-order chi connectivity index (χ1) is 15.6. The molecule has 1 aromatic heterocycles. The number of thiazole rings is 1. The molecule has 162 valence electrons. The Morgan fingerprint density at radius 3 is 2.72 bits per heavy atom. The Hall–Kier alpha value is -2.58. The summed E-state index contributed by atoms with van der Waals surface area (Å²) in [5.74, 6) is 0.559. The number of carbonyl (C=O) groups is 1. The van der Waals surface area contributed by atoms with Crippen molar-refractivity contribution < 1.29 is 9.53 Å². The molecule has 1 amide bonds. The van der Waals surface area contributed by atoms with Crippen molar-refractivity contribution in [3.63, 3.8) is 0 Å². The molecule has 0 saturated carbocycles. The molecular weight excluding hydrogens is 485 g/mol. The number of hydrogen-bond acceptors (Lipinski definition) is 6. The summed E-state index contributed by atoms with van der Waals surface area (Å²) in [4.78, 5) is 16.6. The Balaban J connectivity index is 1.26. The number of aromatic nitrogens is 1. The van der Waals surface area contributed by atoms with Crippen LogP contribution in [0.1, 0.15) is 11.1 Å². The summed E-state index contributed by atoms with van der Waals surface area (Å²) in [6.07, 6.45) is 1.53. The van der Waals surface area contributed by atoms with Gasteiger partial charge in [-0.2, -0.15) is 5.10 Å². The van der Waals surface area contributed by atoms with Crippen LogP contribution in [0, 0.1) is 0 Å². The number of ether oxygens (including phenoxy) is 1. The molecule has 1 heterocycles. The lowest BCUT2D eigenvalue weighted by molar-refractivity contribution is -0.118. The zero-order chi connectivity index (χ0) is 22.3. The lowest BCUT2D eigenvalue weighted by Gasteiger charge is -2.09. The third-order valence-electron chi connectivity index (χ3n) is 4.30. The molecule has 32 heavy (non-hydrogen) atoms. The Morgan fingerprint density at radius 1 is 1.09 bits per heavy atom. The molecule has 0 aliphatic carbocycles. The molecule has 0 bridgehead atoms. The molecule has 5 nitrogen and oxygen atoms in total. The van der Waals surface area contributed by atoms with Crippen molar-refractivity contribution >= 4 is 68.6 Å². The van der Waals surface area contributed by atoms with Crippen LogP contribution in [0.2, 0.25) is 10.0 Å². The van der Waals surface area contributed by atoms with E-state index in [1.54, 1.807) is 29.5 Å². The summed E-state index contributed by atoms with van der Waals surface area (Å²) >= 11 is 15.4. The van der Waals surface area contributed by atoms with Gasteiger partial charge in [0.1, 0.15) is 12.4 Å². The van der Waals surface area contributed by atoms with E-state index in [1.165, 1.54) is 18.0 Å². The minimum atomic E-state index is -0.212. The lowest BCUT2D eigenvalue weighted by atomic mass is 10.2. The number of benzene rings is 3. The highest BCUT2D eigenvalue weighted by atomic mass is 35.5. The molecule has 0 aliphatic heterocycles. The molecule has 0 radical (unpaired) electrons. The number of halogens is 2. The van der Waals surface area contributed by atoms with Crippen LogP contribution >= 0.6 is 46.3 Å². The van der Waals surface area contributed by atoms with E-state index in [4.69, 9.17) is 27.9 Å². The number of fused-ring (bicyclic) bond motifs is 1. The fourth-order valence-corrected chi connectivity index (χ4v) is 5.03. The maximum absolute atomic E-state index is 12.1. The number of nitrogens with zero attached hydrogens (tertiary/aromatic N) is 2. The minimum Gasteiger partial charge on any atom is -0.487 e. The molecule has 4 rings (SSSR count). The number of hydrogen-bond donors (Lipinski definition) is 1. The van der Waals surface area contributed by atoms with Crippen molar-refractivity contribution in [2.45, 2.75) is 10.9 Å². The summed E-state index contributed by atoms with van der Waals surface area (Å²) in [5.41, 5.74) is 5.07. The number of nitrogens with one attached hydrogen (secondary N) is 1. The second kappa shape index (κ2) is 10.8. The van der Waals surface area contributed by atoms with E-state index in [9.17, 15) is 4.79 Å². The van der Waals surface area contributed by atoms with Gasteiger partial charge in [-0.05, 0) is 42.0 Å². The van der Waals surface area contributed by atoms with E-state index in [2.05, 4.69) is 15.5 Å². The average molecular weight is 502 g/mol. The Labute approximate surface area is 203 Å².